The zero-order valence-corrected chi connectivity index (χ0v) is 17.9. The van der Waals surface area contributed by atoms with Crippen molar-refractivity contribution in [3.63, 3.8) is 0 Å². The fraction of sp³-hybridized carbons (Fsp3) is 0.667. The summed E-state index contributed by atoms with van der Waals surface area (Å²) in [6.45, 7) is 0. The first-order chi connectivity index (χ1) is 11.2. The predicted molar refractivity (Wildman–Crippen MR) is 110 cm³/mol. The maximum atomic E-state index is 9.44. The van der Waals surface area contributed by atoms with E-state index in [0.29, 0.717) is 23.0 Å². The molecule has 4 atom stereocenters. The van der Waals surface area contributed by atoms with Gasteiger partial charge in [-0.05, 0) is 23.0 Å². The van der Waals surface area contributed by atoms with Crippen LogP contribution in [-0.4, -0.2) is 72.3 Å². The van der Waals surface area contributed by atoms with Gasteiger partial charge in [-0.25, -0.2) is 25.1 Å². The average molecular weight is 472 g/mol. The average Bonchev–Trinajstić information content (AvgIpc) is 2.66. The molecule has 0 spiro atoms. The normalized spacial score (nSPS) is 13.1. The van der Waals surface area contributed by atoms with Gasteiger partial charge in [0.05, 0.1) is 0 Å². The Morgan fingerprint density at radius 2 is 0.640 bits per heavy atom. The minimum absolute atomic E-state index is 0. The predicted octanol–water partition coefficient (Wildman–Crippen LogP) is -2.59. The molecular formula is C12H24FeN4O4S4. The molecule has 0 unspecified atom stereocenters. The fourth-order valence-electron chi connectivity index (χ4n) is 0.149. The smallest absolute Gasteiger partial charge is 0.540 e. The van der Waals surface area contributed by atoms with Crippen molar-refractivity contribution in [2.75, 3.05) is 23.0 Å². The summed E-state index contributed by atoms with van der Waals surface area (Å²) in [6, 6.07) is -2.02. The monoisotopic (exact) mass is 472 g/mol. The first kappa shape index (κ1) is 36.4. The van der Waals surface area contributed by atoms with Crippen LogP contribution in [0.15, 0.2) is 0 Å². The van der Waals surface area contributed by atoms with E-state index in [0.717, 1.165) is 0 Å². The molecule has 0 aliphatic heterocycles. The number of hydrogen-bond acceptors (Lipinski definition) is 12. The van der Waals surface area contributed by atoms with E-state index >= 15 is 0 Å². The summed E-state index contributed by atoms with van der Waals surface area (Å²) in [4.78, 5) is 37.7. The van der Waals surface area contributed by atoms with Crippen LogP contribution >= 0.6 is 50.5 Å². The van der Waals surface area contributed by atoms with E-state index in [4.69, 9.17) is 22.9 Å². The molecule has 0 fully saturated rings. The maximum absolute atomic E-state index is 9.44. The van der Waals surface area contributed by atoms with Gasteiger partial charge in [-0.2, -0.15) is 50.5 Å². The molecule has 0 heterocycles. The van der Waals surface area contributed by atoms with Crippen LogP contribution in [0.3, 0.4) is 0 Å². The van der Waals surface area contributed by atoms with E-state index in [1.54, 1.807) is 25.1 Å². The molecule has 0 aromatic heterocycles. The minimum atomic E-state index is -0.506. The molecule has 0 radical (unpaired) electrons. The van der Waals surface area contributed by atoms with Crippen molar-refractivity contribution in [3.05, 3.63) is 0 Å². The van der Waals surface area contributed by atoms with Crippen LogP contribution in [0.2, 0.25) is 0 Å². The van der Waals surface area contributed by atoms with Gasteiger partial charge in [-0.15, -0.1) is 0 Å². The quantitative estimate of drug-likeness (QED) is 0.108. The molecule has 0 aliphatic rings. The second-order valence-corrected chi connectivity index (χ2v) is 5.09. The zero-order valence-electron chi connectivity index (χ0n) is 13.2. The largest absolute Gasteiger partial charge is 4.00 e. The van der Waals surface area contributed by atoms with Crippen molar-refractivity contribution < 1.29 is 36.2 Å². The Hall–Kier alpha value is 0.439. The molecule has 8 N–H and O–H groups in total. The summed E-state index contributed by atoms with van der Waals surface area (Å²) < 4.78 is 0. The summed E-state index contributed by atoms with van der Waals surface area (Å²) >= 11 is 14.8. The van der Waals surface area contributed by atoms with Crippen molar-refractivity contribution in [3.8, 4) is 0 Å². The van der Waals surface area contributed by atoms with Crippen LogP contribution in [-0.2, 0) is 36.2 Å². The molecule has 8 nitrogen and oxygen atoms in total. The Balaban J connectivity index is -0.0000000702. The molecule has 0 amide bonds. The summed E-state index contributed by atoms with van der Waals surface area (Å²) in [5.41, 5.74) is 19.9. The topological polar surface area (TPSA) is 172 Å². The maximum Gasteiger partial charge on any atom is 4.00 e. The molecule has 13 heteroatoms. The van der Waals surface area contributed by atoms with Crippen LogP contribution in [0.4, 0.5) is 0 Å². The summed E-state index contributed by atoms with van der Waals surface area (Å²) in [6.07, 6.45) is 6.26. The first-order valence-electron chi connectivity index (χ1n) is 6.20. The third kappa shape index (κ3) is 45.5. The number of rotatable bonds is 8. The Bertz CT molecular complexity index is 254. The van der Waals surface area contributed by atoms with Crippen molar-refractivity contribution in [2.24, 2.45) is 22.9 Å². The van der Waals surface area contributed by atoms with Gasteiger partial charge in [0, 0.05) is 0 Å². The summed E-state index contributed by atoms with van der Waals surface area (Å²) in [5, 5.41) is 0. The van der Waals surface area contributed by atoms with Gasteiger partial charge >= 0.3 is 17.1 Å². The molecule has 0 saturated carbocycles. The third-order valence-electron chi connectivity index (χ3n) is 1.39. The molecule has 0 bridgehead atoms. The molecular weight excluding hydrogens is 448 g/mol. The van der Waals surface area contributed by atoms with Gasteiger partial charge in [0.1, 0.15) is 0 Å². The summed E-state index contributed by atoms with van der Waals surface area (Å²) in [5.74, 6) is 1.51. The van der Waals surface area contributed by atoms with E-state index in [1.807, 2.05) is 0 Å². The molecule has 25 heavy (non-hydrogen) atoms. The molecule has 0 aliphatic carbocycles. The van der Waals surface area contributed by atoms with Gasteiger partial charge in [0.15, 0.2) is 0 Å². The Morgan fingerprint density at radius 1 is 0.520 bits per heavy atom. The van der Waals surface area contributed by atoms with Crippen molar-refractivity contribution in [2.45, 2.75) is 24.2 Å². The Kier molecular flexibility index (Phi) is 46.8. The number of nitrogens with two attached hydrogens (primary N) is 4. The summed E-state index contributed by atoms with van der Waals surface area (Å²) in [7, 11) is 0. The van der Waals surface area contributed by atoms with E-state index in [9.17, 15) is 19.2 Å². The van der Waals surface area contributed by atoms with Crippen LogP contribution in [0.1, 0.15) is 0 Å². The van der Waals surface area contributed by atoms with Crippen LogP contribution < -0.4 is 22.9 Å². The number of thiol groups is 4. The Morgan fingerprint density at radius 3 is 0.640 bits per heavy atom. The Labute approximate surface area is 181 Å². The van der Waals surface area contributed by atoms with Crippen molar-refractivity contribution in [1.29, 1.82) is 0 Å². The molecule has 0 saturated heterocycles. The number of carbonyl (C=O) groups excluding carboxylic acids is 4. The second kappa shape index (κ2) is 32.1. The van der Waals surface area contributed by atoms with Crippen molar-refractivity contribution in [1.82, 2.24) is 0 Å². The SMILES string of the molecule is N[C@H]([C-]=O)CS.N[C@H]([C-]=O)CS.N[C@H]([C-]=O)CS.N[C@H]([C-]=O)CS.[Fe+4]. The van der Waals surface area contributed by atoms with E-state index in [-0.39, 0.29) is 17.1 Å². The number of hydrogen-bond donors (Lipinski definition) is 8. The molecule has 148 valence electrons. The standard InChI is InChI=1S/4C3H6NOS.Fe/c4*4-3(1-5)2-6;/h4*3,6H,2,4H2;/q4*-1;+4/t4*3-;/m1111./s1. The van der Waals surface area contributed by atoms with Gasteiger partial charge < -0.3 is 42.1 Å². The van der Waals surface area contributed by atoms with E-state index in [1.165, 1.54) is 0 Å². The first-order valence-corrected chi connectivity index (χ1v) is 8.73. The van der Waals surface area contributed by atoms with Gasteiger partial charge in [-0.1, -0.05) is 24.2 Å². The van der Waals surface area contributed by atoms with Crippen LogP contribution in [0.25, 0.3) is 0 Å². The van der Waals surface area contributed by atoms with Crippen LogP contribution in [0.5, 0.6) is 0 Å². The van der Waals surface area contributed by atoms with Gasteiger partial charge in [0.2, 0.25) is 0 Å². The molecule has 0 rings (SSSR count). The third-order valence-corrected chi connectivity index (χ3v) is 2.97. The minimum Gasteiger partial charge on any atom is -0.540 e. The van der Waals surface area contributed by atoms with Crippen LogP contribution in [0, 0.1) is 0 Å². The zero-order chi connectivity index (χ0) is 20.0. The molecule has 0 aromatic carbocycles. The van der Waals surface area contributed by atoms with Gasteiger partial charge in [-0.3, -0.25) is 0 Å². The van der Waals surface area contributed by atoms with Crippen molar-refractivity contribution >= 4 is 75.7 Å². The van der Waals surface area contributed by atoms with Gasteiger partial charge in [0.25, 0.3) is 0 Å². The second-order valence-electron chi connectivity index (χ2n) is 3.63. The molecule has 0 aromatic rings. The van der Waals surface area contributed by atoms with E-state index in [2.05, 4.69) is 50.5 Å². The fourth-order valence-corrected chi connectivity index (χ4v) is 0.447. The van der Waals surface area contributed by atoms with E-state index < -0.39 is 24.2 Å².